The lowest BCUT2D eigenvalue weighted by Crippen LogP contribution is -2.31. The van der Waals surface area contributed by atoms with Crippen molar-refractivity contribution in [2.24, 2.45) is 35.5 Å². The minimum Gasteiger partial charge on any atom is -0.494 e. The lowest BCUT2D eigenvalue weighted by atomic mass is 9.70. The quantitative estimate of drug-likeness (QED) is 0.151. The summed E-state index contributed by atoms with van der Waals surface area (Å²) in [5.74, 6) is 5.10. The van der Waals surface area contributed by atoms with Crippen molar-refractivity contribution >= 4 is 0 Å². The van der Waals surface area contributed by atoms with Crippen LogP contribution in [-0.2, 0) is 9.47 Å². The molecule has 1 N–H and O–H groups in total. The largest absolute Gasteiger partial charge is 0.494 e. The molecule has 0 heterocycles. The molecule has 1 unspecified atom stereocenters. The SMILES string of the molecule is C=C(C)C(=C)OCC(CO)C1CCC(COC2CCC(C3CCC(CCCCC)CC3)CC2)CC1. The number of allylic oxidation sites excluding steroid dienone is 1. The maximum absolute atomic E-state index is 9.88. The highest BCUT2D eigenvalue weighted by Crippen LogP contribution is 2.42. The van der Waals surface area contributed by atoms with Crippen LogP contribution in [0.4, 0.5) is 0 Å². The van der Waals surface area contributed by atoms with Crippen molar-refractivity contribution in [2.45, 2.75) is 123 Å². The molecule has 202 valence electrons. The third-order valence-corrected chi connectivity index (χ3v) is 9.80. The molecular weight excluding hydrogens is 432 g/mol. The van der Waals surface area contributed by atoms with Gasteiger partial charge in [-0.3, -0.25) is 0 Å². The fraction of sp³-hybridized carbons (Fsp3) is 0.875. The Hall–Kier alpha value is -0.800. The fourth-order valence-corrected chi connectivity index (χ4v) is 7.13. The molecule has 3 saturated carbocycles. The van der Waals surface area contributed by atoms with E-state index in [2.05, 4.69) is 20.1 Å². The van der Waals surface area contributed by atoms with Gasteiger partial charge in [-0.15, -0.1) is 0 Å². The molecule has 0 aromatic heterocycles. The van der Waals surface area contributed by atoms with Crippen LogP contribution in [0.1, 0.15) is 117 Å². The molecule has 3 rings (SSSR count). The fourth-order valence-electron chi connectivity index (χ4n) is 7.13. The second-order valence-electron chi connectivity index (χ2n) is 12.4. The predicted molar refractivity (Wildman–Crippen MR) is 147 cm³/mol. The van der Waals surface area contributed by atoms with Gasteiger partial charge in [0.15, 0.2) is 0 Å². The second-order valence-corrected chi connectivity index (χ2v) is 12.4. The molecule has 1 atom stereocenters. The number of unbranched alkanes of at least 4 members (excludes halogenated alkanes) is 2. The summed E-state index contributed by atoms with van der Waals surface area (Å²) < 4.78 is 12.2. The molecule has 0 spiro atoms. The van der Waals surface area contributed by atoms with Gasteiger partial charge >= 0.3 is 0 Å². The summed E-state index contributed by atoms with van der Waals surface area (Å²) in [7, 11) is 0. The van der Waals surface area contributed by atoms with Crippen LogP contribution in [0, 0.1) is 35.5 Å². The molecule has 3 nitrogen and oxygen atoms in total. The molecule has 0 radical (unpaired) electrons. The predicted octanol–water partition coefficient (Wildman–Crippen LogP) is 8.47. The van der Waals surface area contributed by atoms with Crippen LogP contribution >= 0.6 is 0 Å². The minimum absolute atomic E-state index is 0.194. The first kappa shape index (κ1) is 28.8. The average Bonchev–Trinajstić information content (AvgIpc) is 2.89. The zero-order valence-electron chi connectivity index (χ0n) is 23.2. The normalized spacial score (nSPS) is 32.7. The van der Waals surface area contributed by atoms with Crippen LogP contribution in [-0.4, -0.2) is 31.0 Å². The highest BCUT2D eigenvalue weighted by Gasteiger charge is 2.32. The maximum Gasteiger partial charge on any atom is 0.114 e. The molecular formula is C32H56O3. The lowest BCUT2D eigenvalue weighted by molar-refractivity contribution is -0.0214. The molecule has 3 heteroatoms. The van der Waals surface area contributed by atoms with E-state index in [1.165, 1.54) is 103 Å². The number of aliphatic hydroxyl groups excluding tert-OH is 1. The van der Waals surface area contributed by atoms with Gasteiger partial charge in [0.25, 0.3) is 0 Å². The Kier molecular flexibility index (Phi) is 12.7. The van der Waals surface area contributed by atoms with E-state index in [0.717, 1.165) is 29.9 Å². The summed E-state index contributed by atoms with van der Waals surface area (Å²) in [6.45, 7) is 13.7. The number of hydrogen-bond acceptors (Lipinski definition) is 3. The molecule has 3 aliphatic carbocycles. The Morgan fingerprint density at radius 2 is 1.43 bits per heavy atom. The van der Waals surface area contributed by atoms with Crippen molar-refractivity contribution in [3.8, 4) is 0 Å². The Balaban J connectivity index is 1.26. The zero-order chi connectivity index (χ0) is 25.0. The Bertz CT molecular complexity index is 604. The van der Waals surface area contributed by atoms with E-state index in [1.807, 2.05) is 6.92 Å². The van der Waals surface area contributed by atoms with Crippen LogP contribution in [0.2, 0.25) is 0 Å². The van der Waals surface area contributed by atoms with E-state index in [9.17, 15) is 5.11 Å². The lowest BCUT2D eigenvalue weighted by Gasteiger charge is -2.38. The Labute approximate surface area is 217 Å². The number of hydrogen-bond donors (Lipinski definition) is 1. The standard InChI is InChI=1S/C32H56O3/c1-5-6-7-8-26-9-13-28(14-10-26)29-17-19-32(20-18-29)35-22-27-11-15-30(16-12-27)31(21-33)23-34-25(4)24(2)3/h26-33H,2,4-23H2,1,3H3. The van der Waals surface area contributed by atoms with E-state index in [-0.39, 0.29) is 12.5 Å². The van der Waals surface area contributed by atoms with Crippen LogP contribution in [0.25, 0.3) is 0 Å². The monoisotopic (exact) mass is 488 g/mol. The van der Waals surface area contributed by atoms with Crippen molar-refractivity contribution in [1.82, 2.24) is 0 Å². The minimum atomic E-state index is 0.194. The zero-order valence-corrected chi connectivity index (χ0v) is 23.2. The van der Waals surface area contributed by atoms with Crippen molar-refractivity contribution in [2.75, 3.05) is 19.8 Å². The van der Waals surface area contributed by atoms with Gasteiger partial charge in [0.1, 0.15) is 5.76 Å². The van der Waals surface area contributed by atoms with E-state index in [1.54, 1.807) is 0 Å². The topological polar surface area (TPSA) is 38.7 Å². The first-order valence-corrected chi connectivity index (χ1v) is 15.2. The molecule has 0 aromatic rings. The van der Waals surface area contributed by atoms with Gasteiger partial charge in [-0.2, -0.15) is 0 Å². The Morgan fingerprint density at radius 3 is 2.00 bits per heavy atom. The number of ether oxygens (including phenoxy) is 2. The Morgan fingerprint density at radius 1 is 0.829 bits per heavy atom. The first-order chi connectivity index (χ1) is 17.0. The van der Waals surface area contributed by atoms with E-state index in [4.69, 9.17) is 9.47 Å². The van der Waals surface area contributed by atoms with Gasteiger partial charge in [-0.1, -0.05) is 58.6 Å². The van der Waals surface area contributed by atoms with Gasteiger partial charge in [-0.05, 0) is 106 Å². The van der Waals surface area contributed by atoms with Gasteiger partial charge in [-0.25, -0.2) is 0 Å². The average molecular weight is 489 g/mol. The van der Waals surface area contributed by atoms with Crippen molar-refractivity contribution in [1.29, 1.82) is 0 Å². The summed E-state index contributed by atoms with van der Waals surface area (Å²) in [5, 5.41) is 9.88. The maximum atomic E-state index is 9.88. The summed E-state index contributed by atoms with van der Waals surface area (Å²) in [6, 6.07) is 0. The second kappa shape index (κ2) is 15.5. The van der Waals surface area contributed by atoms with Gasteiger partial charge in [0.2, 0.25) is 0 Å². The highest BCUT2D eigenvalue weighted by atomic mass is 16.5. The van der Waals surface area contributed by atoms with Crippen LogP contribution in [0.15, 0.2) is 24.5 Å². The summed E-state index contributed by atoms with van der Waals surface area (Å²) >= 11 is 0. The van der Waals surface area contributed by atoms with Gasteiger partial charge < -0.3 is 14.6 Å². The van der Waals surface area contributed by atoms with Crippen LogP contribution in [0.5, 0.6) is 0 Å². The van der Waals surface area contributed by atoms with Crippen molar-refractivity contribution in [3.05, 3.63) is 24.5 Å². The molecule has 3 aliphatic rings. The van der Waals surface area contributed by atoms with Crippen LogP contribution < -0.4 is 0 Å². The molecule has 0 aliphatic heterocycles. The van der Waals surface area contributed by atoms with E-state index >= 15 is 0 Å². The van der Waals surface area contributed by atoms with E-state index in [0.29, 0.717) is 30.3 Å². The number of rotatable bonds is 14. The molecule has 0 saturated heterocycles. The summed E-state index contributed by atoms with van der Waals surface area (Å²) in [4.78, 5) is 0. The van der Waals surface area contributed by atoms with Gasteiger partial charge in [0, 0.05) is 19.1 Å². The molecule has 0 bridgehead atoms. The third kappa shape index (κ3) is 9.54. The van der Waals surface area contributed by atoms with Crippen molar-refractivity contribution in [3.63, 3.8) is 0 Å². The summed E-state index contributed by atoms with van der Waals surface area (Å²) in [6.07, 6.45) is 22.4. The van der Waals surface area contributed by atoms with E-state index < -0.39 is 0 Å². The molecule has 3 fully saturated rings. The molecule has 0 amide bonds. The summed E-state index contributed by atoms with van der Waals surface area (Å²) in [5.41, 5.74) is 0.863. The van der Waals surface area contributed by atoms with Crippen molar-refractivity contribution < 1.29 is 14.6 Å². The molecule has 0 aromatic carbocycles. The molecule has 35 heavy (non-hydrogen) atoms. The van der Waals surface area contributed by atoms with Gasteiger partial charge in [0.05, 0.1) is 12.7 Å². The first-order valence-electron chi connectivity index (χ1n) is 15.2. The highest BCUT2D eigenvalue weighted by molar-refractivity contribution is 5.15. The smallest absolute Gasteiger partial charge is 0.114 e. The third-order valence-electron chi connectivity index (χ3n) is 9.80. The van der Waals surface area contributed by atoms with Crippen LogP contribution in [0.3, 0.4) is 0 Å². The number of aliphatic hydroxyl groups is 1.